The Labute approximate surface area is 233 Å². The van der Waals surface area contributed by atoms with Crippen LogP contribution in [0.15, 0.2) is 107 Å². The number of rotatable bonds is 10. The summed E-state index contributed by atoms with van der Waals surface area (Å²) in [4.78, 5) is 23.8. The Kier molecular flexibility index (Phi) is 8.70. The van der Waals surface area contributed by atoms with Crippen LogP contribution in [-0.2, 0) is 17.0 Å². The molecule has 0 radical (unpaired) electrons. The van der Waals surface area contributed by atoms with Gasteiger partial charge in [-0.2, -0.15) is 5.10 Å². The van der Waals surface area contributed by atoms with E-state index in [0.29, 0.717) is 38.2 Å². The minimum atomic E-state index is -1.96. The maximum Gasteiger partial charge on any atom is 0.281 e. The quantitative estimate of drug-likeness (QED) is 0.146. The Morgan fingerprint density at radius 2 is 1.67 bits per heavy atom. The zero-order valence-electron chi connectivity index (χ0n) is 20.8. The predicted octanol–water partition coefficient (Wildman–Crippen LogP) is 5.33. The minimum absolute atomic E-state index is 0.0258. The van der Waals surface area contributed by atoms with E-state index in [1.165, 1.54) is 25.5 Å². The maximum atomic E-state index is 13.2. The van der Waals surface area contributed by atoms with Crippen LogP contribution in [0.4, 0.5) is 5.69 Å². The van der Waals surface area contributed by atoms with Crippen molar-refractivity contribution in [1.29, 1.82) is 0 Å². The molecule has 198 valence electrons. The number of nitro benzene ring substituents is 1. The standard InChI is InChI=1S/C29H24BrN3O6/c1-38-26-17-21(16-25(30)27(26)39-19-20-9-8-14-24(15-20)33(36)37)18-31-32-28(34)29(35,22-10-4-2-5-11-22)23-12-6-3-7-13-23/h2-18,35H,19H2,1H3,(H,32,34)/b31-18-. The van der Waals surface area contributed by atoms with Gasteiger partial charge in [0.15, 0.2) is 17.1 Å². The van der Waals surface area contributed by atoms with Crippen molar-refractivity contribution in [2.45, 2.75) is 12.2 Å². The number of carbonyl (C=O) groups excluding carboxylic acids is 1. The molecule has 0 aliphatic rings. The Hall–Kier alpha value is -4.54. The fourth-order valence-electron chi connectivity index (χ4n) is 3.90. The highest BCUT2D eigenvalue weighted by molar-refractivity contribution is 9.10. The van der Waals surface area contributed by atoms with Crippen molar-refractivity contribution in [3.05, 3.63) is 134 Å². The number of nitro groups is 1. The lowest BCUT2D eigenvalue weighted by atomic mass is 9.85. The van der Waals surface area contributed by atoms with Gasteiger partial charge in [0.25, 0.3) is 11.6 Å². The molecule has 0 atom stereocenters. The molecule has 0 heterocycles. The number of aliphatic hydroxyl groups is 1. The van der Waals surface area contributed by atoms with E-state index in [4.69, 9.17) is 9.47 Å². The van der Waals surface area contributed by atoms with E-state index in [9.17, 15) is 20.0 Å². The number of halogens is 1. The fourth-order valence-corrected chi connectivity index (χ4v) is 4.48. The maximum absolute atomic E-state index is 13.2. The molecule has 4 rings (SSSR count). The second-order valence-corrected chi connectivity index (χ2v) is 9.25. The molecule has 0 aliphatic heterocycles. The van der Waals surface area contributed by atoms with Crippen LogP contribution < -0.4 is 14.9 Å². The van der Waals surface area contributed by atoms with Crippen molar-refractivity contribution in [1.82, 2.24) is 5.43 Å². The van der Waals surface area contributed by atoms with E-state index in [1.807, 2.05) is 0 Å². The number of hydrazone groups is 1. The van der Waals surface area contributed by atoms with Crippen LogP contribution in [-0.4, -0.2) is 29.3 Å². The Bertz CT molecular complexity index is 1460. The van der Waals surface area contributed by atoms with Gasteiger partial charge in [-0.15, -0.1) is 0 Å². The average Bonchev–Trinajstić information content (AvgIpc) is 2.96. The molecule has 0 fully saturated rings. The van der Waals surface area contributed by atoms with Crippen molar-refractivity contribution in [2.75, 3.05) is 7.11 Å². The zero-order valence-corrected chi connectivity index (χ0v) is 22.4. The zero-order chi connectivity index (χ0) is 27.8. The molecule has 39 heavy (non-hydrogen) atoms. The van der Waals surface area contributed by atoms with E-state index < -0.39 is 16.4 Å². The molecule has 0 aliphatic carbocycles. The molecule has 1 amide bonds. The highest BCUT2D eigenvalue weighted by Gasteiger charge is 2.39. The van der Waals surface area contributed by atoms with E-state index in [1.54, 1.807) is 84.9 Å². The van der Waals surface area contributed by atoms with E-state index >= 15 is 0 Å². The first kappa shape index (κ1) is 27.5. The number of ether oxygens (including phenoxy) is 2. The number of non-ortho nitro benzene ring substituents is 1. The highest BCUT2D eigenvalue weighted by Crippen LogP contribution is 2.37. The topological polar surface area (TPSA) is 123 Å². The van der Waals surface area contributed by atoms with E-state index in [-0.39, 0.29) is 12.3 Å². The summed E-state index contributed by atoms with van der Waals surface area (Å²) < 4.78 is 11.9. The van der Waals surface area contributed by atoms with Gasteiger partial charge in [0.1, 0.15) is 6.61 Å². The van der Waals surface area contributed by atoms with Crippen LogP contribution >= 0.6 is 15.9 Å². The second kappa shape index (κ2) is 12.3. The largest absolute Gasteiger partial charge is 0.493 e. The summed E-state index contributed by atoms with van der Waals surface area (Å²) >= 11 is 3.46. The van der Waals surface area contributed by atoms with Crippen LogP contribution in [0.5, 0.6) is 11.5 Å². The third kappa shape index (κ3) is 6.31. The fraction of sp³-hybridized carbons (Fsp3) is 0.103. The van der Waals surface area contributed by atoms with Gasteiger partial charge in [0.2, 0.25) is 0 Å². The molecule has 0 saturated heterocycles. The van der Waals surface area contributed by atoms with Crippen LogP contribution in [0, 0.1) is 10.1 Å². The summed E-state index contributed by atoms with van der Waals surface area (Å²) in [5, 5.41) is 26.6. The molecule has 2 N–H and O–H groups in total. The molecular weight excluding hydrogens is 566 g/mol. The summed E-state index contributed by atoms with van der Waals surface area (Å²) in [5.74, 6) is 0.0551. The minimum Gasteiger partial charge on any atom is -0.493 e. The average molecular weight is 590 g/mol. The summed E-state index contributed by atoms with van der Waals surface area (Å²) in [7, 11) is 1.48. The van der Waals surface area contributed by atoms with Crippen LogP contribution in [0.25, 0.3) is 0 Å². The lowest BCUT2D eigenvalue weighted by molar-refractivity contribution is -0.384. The lowest BCUT2D eigenvalue weighted by Crippen LogP contribution is -2.43. The predicted molar refractivity (Wildman–Crippen MR) is 150 cm³/mol. The smallest absolute Gasteiger partial charge is 0.281 e. The number of nitrogens with one attached hydrogen (secondary N) is 1. The number of methoxy groups -OCH3 is 1. The number of hydrogen-bond acceptors (Lipinski definition) is 7. The van der Waals surface area contributed by atoms with Crippen LogP contribution in [0.1, 0.15) is 22.3 Å². The number of amides is 1. The van der Waals surface area contributed by atoms with Gasteiger partial charge in [0.05, 0.1) is 22.7 Å². The first-order valence-corrected chi connectivity index (χ1v) is 12.5. The van der Waals surface area contributed by atoms with Crippen LogP contribution in [0.3, 0.4) is 0 Å². The number of hydrogen-bond donors (Lipinski definition) is 2. The molecule has 0 saturated carbocycles. The first-order chi connectivity index (χ1) is 18.8. The monoisotopic (exact) mass is 589 g/mol. The second-order valence-electron chi connectivity index (χ2n) is 8.39. The third-order valence-electron chi connectivity index (χ3n) is 5.85. The summed E-state index contributed by atoms with van der Waals surface area (Å²) in [5.41, 5.74) is 2.46. The van der Waals surface area contributed by atoms with Gasteiger partial charge in [-0.05, 0) is 50.3 Å². The summed E-state index contributed by atoms with van der Waals surface area (Å²) in [6, 6.07) is 26.8. The number of nitrogens with zero attached hydrogens (tertiary/aromatic N) is 2. The molecular formula is C29H24BrN3O6. The SMILES string of the molecule is COc1cc(/C=N\NC(=O)C(O)(c2ccccc2)c2ccccc2)cc(Br)c1OCc1cccc([N+](=O)[O-])c1. The molecule has 10 heteroatoms. The van der Waals surface area contributed by atoms with Gasteiger partial charge in [0, 0.05) is 12.1 Å². The molecule has 0 aromatic heterocycles. The van der Waals surface area contributed by atoms with Gasteiger partial charge in [-0.3, -0.25) is 14.9 Å². The highest BCUT2D eigenvalue weighted by atomic mass is 79.9. The molecule has 4 aromatic carbocycles. The van der Waals surface area contributed by atoms with Crippen molar-refractivity contribution in [3.8, 4) is 11.5 Å². The third-order valence-corrected chi connectivity index (χ3v) is 6.44. The number of benzene rings is 4. The van der Waals surface area contributed by atoms with E-state index in [2.05, 4.69) is 26.5 Å². The Morgan fingerprint density at radius 1 is 1.03 bits per heavy atom. The summed E-state index contributed by atoms with van der Waals surface area (Å²) in [6.45, 7) is 0.0810. The Morgan fingerprint density at radius 3 is 2.26 bits per heavy atom. The molecule has 0 bridgehead atoms. The molecule has 9 nitrogen and oxygen atoms in total. The molecule has 0 spiro atoms. The van der Waals surface area contributed by atoms with Gasteiger partial charge in [-0.25, -0.2) is 5.43 Å². The molecule has 4 aromatic rings. The van der Waals surface area contributed by atoms with Gasteiger partial charge >= 0.3 is 0 Å². The van der Waals surface area contributed by atoms with Crippen molar-refractivity contribution in [3.63, 3.8) is 0 Å². The van der Waals surface area contributed by atoms with Gasteiger partial charge < -0.3 is 14.6 Å². The molecule has 0 unspecified atom stereocenters. The lowest BCUT2D eigenvalue weighted by Gasteiger charge is -2.27. The summed E-state index contributed by atoms with van der Waals surface area (Å²) in [6.07, 6.45) is 1.41. The number of carbonyl (C=O) groups is 1. The Balaban J connectivity index is 1.51. The van der Waals surface area contributed by atoms with E-state index in [0.717, 1.165) is 0 Å². The van der Waals surface area contributed by atoms with Crippen molar-refractivity contribution >= 4 is 33.7 Å². The normalized spacial score (nSPS) is 11.3. The van der Waals surface area contributed by atoms with Crippen molar-refractivity contribution in [2.24, 2.45) is 5.10 Å². The van der Waals surface area contributed by atoms with Gasteiger partial charge in [-0.1, -0.05) is 72.8 Å². The van der Waals surface area contributed by atoms with Crippen LogP contribution in [0.2, 0.25) is 0 Å². The first-order valence-electron chi connectivity index (χ1n) is 11.7. The van der Waals surface area contributed by atoms with Crippen molar-refractivity contribution < 1.29 is 24.3 Å².